The van der Waals surface area contributed by atoms with Crippen LogP contribution in [0.4, 0.5) is 11.4 Å². The van der Waals surface area contributed by atoms with Crippen LogP contribution in [0.3, 0.4) is 0 Å². The second-order valence-electron chi connectivity index (χ2n) is 5.93. The smallest absolute Gasteiger partial charge is 0.363 e. The van der Waals surface area contributed by atoms with E-state index in [1.165, 1.54) is 0 Å². The van der Waals surface area contributed by atoms with Gasteiger partial charge in [0.25, 0.3) is 0 Å². The SMILES string of the molecule is CCOP(=O)(OCC)c1cc(Br)ccc1N.CCOP(=O)(OCC)c1ccccc1N. The third-order valence-electron chi connectivity index (χ3n) is 3.72. The summed E-state index contributed by atoms with van der Waals surface area (Å²) in [5.41, 5.74) is 12.4. The summed E-state index contributed by atoms with van der Waals surface area (Å²) >= 11 is 3.30. The second kappa shape index (κ2) is 13.4. The lowest BCUT2D eigenvalue weighted by Crippen LogP contribution is -2.15. The minimum atomic E-state index is -3.29. The fraction of sp³-hybridized carbons (Fsp3) is 0.400. The predicted octanol–water partition coefficient (Wildman–Crippen LogP) is 5.08. The summed E-state index contributed by atoms with van der Waals surface area (Å²) in [6.07, 6.45) is 0. The van der Waals surface area contributed by atoms with Crippen LogP contribution < -0.4 is 22.1 Å². The van der Waals surface area contributed by atoms with Crippen molar-refractivity contribution >= 4 is 53.1 Å². The Balaban J connectivity index is 0.000000311. The Hall–Kier alpha value is -1.18. The average Bonchev–Trinajstić information content (AvgIpc) is 2.71. The number of hydrogen-bond donors (Lipinski definition) is 2. The van der Waals surface area contributed by atoms with Crippen molar-refractivity contribution in [3.63, 3.8) is 0 Å². The van der Waals surface area contributed by atoms with Gasteiger partial charge in [-0.3, -0.25) is 9.13 Å². The summed E-state index contributed by atoms with van der Waals surface area (Å²) in [5, 5.41) is 0.847. The average molecular weight is 537 g/mol. The normalized spacial score (nSPS) is 11.6. The Morgan fingerprint density at radius 1 is 0.710 bits per heavy atom. The summed E-state index contributed by atoms with van der Waals surface area (Å²) in [7, 11) is -6.53. The van der Waals surface area contributed by atoms with Gasteiger partial charge in [0.2, 0.25) is 0 Å². The quantitative estimate of drug-likeness (QED) is 0.318. The molecule has 0 spiro atoms. The molecule has 0 aromatic heterocycles. The van der Waals surface area contributed by atoms with Gasteiger partial charge in [-0.1, -0.05) is 28.1 Å². The van der Waals surface area contributed by atoms with E-state index in [0.29, 0.717) is 48.4 Å². The van der Waals surface area contributed by atoms with Crippen molar-refractivity contribution in [1.29, 1.82) is 0 Å². The molecule has 0 aliphatic carbocycles. The molecule has 0 radical (unpaired) electrons. The molecule has 0 amide bonds. The van der Waals surface area contributed by atoms with Gasteiger partial charge < -0.3 is 29.6 Å². The predicted molar refractivity (Wildman–Crippen MR) is 130 cm³/mol. The second-order valence-corrected chi connectivity index (χ2v) is 10.8. The van der Waals surface area contributed by atoms with Crippen molar-refractivity contribution in [2.75, 3.05) is 37.9 Å². The number of rotatable bonds is 10. The van der Waals surface area contributed by atoms with Gasteiger partial charge >= 0.3 is 15.2 Å². The molecule has 0 fully saturated rings. The highest BCUT2D eigenvalue weighted by Crippen LogP contribution is 2.49. The number of nitrogen functional groups attached to an aromatic ring is 2. The number of anilines is 2. The first-order valence-electron chi connectivity index (χ1n) is 9.86. The molecule has 31 heavy (non-hydrogen) atoms. The number of benzene rings is 2. The van der Waals surface area contributed by atoms with Gasteiger partial charge in [0.05, 0.1) is 37.0 Å². The fourth-order valence-electron chi connectivity index (χ4n) is 2.52. The maximum Gasteiger partial charge on any atom is 0.363 e. The standard InChI is InChI=1S/C10H15BrNO3P.C10H16NO3P/c1-3-14-16(13,15-4-2)10-7-8(11)5-6-9(10)12;1-3-13-15(12,14-4-2)10-8-6-5-7-9(10)11/h5-7H,3-4,12H2,1-2H3;5-8H,3-4,11H2,1-2H3. The van der Waals surface area contributed by atoms with Crippen LogP contribution in [0.2, 0.25) is 0 Å². The van der Waals surface area contributed by atoms with E-state index in [2.05, 4.69) is 15.9 Å². The van der Waals surface area contributed by atoms with Gasteiger partial charge in [0, 0.05) is 15.8 Å². The highest BCUT2D eigenvalue weighted by atomic mass is 79.9. The lowest BCUT2D eigenvalue weighted by atomic mass is 10.3. The minimum Gasteiger partial charge on any atom is -0.398 e. The third-order valence-corrected chi connectivity index (χ3v) is 8.58. The fourth-order valence-corrected chi connectivity index (χ4v) is 6.47. The Bertz CT molecular complexity index is 908. The van der Waals surface area contributed by atoms with Crippen LogP contribution in [0.25, 0.3) is 0 Å². The molecule has 0 aliphatic heterocycles. The van der Waals surface area contributed by atoms with Gasteiger partial charge in [-0.15, -0.1) is 0 Å². The molecular weight excluding hydrogens is 506 g/mol. The topological polar surface area (TPSA) is 123 Å². The van der Waals surface area contributed by atoms with Crippen LogP contribution in [-0.4, -0.2) is 26.4 Å². The molecule has 4 N–H and O–H groups in total. The molecule has 0 saturated carbocycles. The van der Waals surface area contributed by atoms with Crippen LogP contribution in [0.1, 0.15) is 27.7 Å². The molecule has 8 nitrogen and oxygen atoms in total. The summed E-state index contributed by atoms with van der Waals surface area (Å²) in [6.45, 7) is 8.33. The number of para-hydroxylation sites is 1. The first-order chi connectivity index (χ1) is 14.7. The van der Waals surface area contributed by atoms with Crippen molar-refractivity contribution < 1.29 is 27.2 Å². The summed E-state index contributed by atoms with van der Waals surface area (Å²) in [6, 6.07) is 12.0. The largest absolute Gasteiger partial charge is 0.398 e. The Morgan fingerprint density at radius 2 is 1.13 bits per heavy atom. The summed E-state index contributed by atoms with van der Waals surface area (Å²) in [4.78, 5) is 0. The maximum absolute atomic E-state index is 12.4. The molecule has 0 saturated heterocycles. The highest BCUT2D eigenvalue weighted by Gasteiger charge is 2.29. The summed E-state index contributed by atoms with van der Waals surface area (Å²) in [5.74, 6) is 0. The van der Waals surface area contributed by atoms with Crippen molar-refractivity contribution in [2.45, 2.75) is 27.7 Å². The third kappa shape index (κ3) is 8.03. The molecule has 174 valence electrons. The van der Waals surface area contributed by atoms with E-state index in [1.54, 1.807) is 70.2 Å². The lowest BCUT2D eigenvalue weighted by Gasteiger charge is -2.18. The van der Waals surface area contributed by atoms with Crippen LogP contribution in [0.5, 0.6) is 0 Å². The molecule has 2 rings (SSSR count). The highest BCUT2D eigenvalue weighted by molar-refractivity contribution is 9.10. The van der Waals surface area contributed by atoms with Crippen molar-refractivity contribution in [3.05, 3.63) is 46.9 Å². The molecule has 0 atom stereocenters. The van der Waals surface area contributed by atoms with Crippen LogP contribution in [-0.2, 0) is 27.2 Å². The van der Waals surface area contributed by atoms with E-state index in [0.717, 1.165) is 4.47 Å². The Morgan fingerprint density at radius 3 is 1.58 bits per heavy atom. The first kappa shape index (κ1) is 27.9. The zero-order chi connectivity index (χ0) is 23.5. The number of hydrogen-bond acceptors (Lipinski definition) is 8. The van der Waals surface area contributed by atoms with E-state index in [1.807, 2.05) is 0 Å². The molecular formula is C20H31BrN2O6P2. The zero-order valence-electron chi connectivity index (χ0n) is 18.2. The molecule has 2 aromatic rings. The Kier molecular flexibility index (Phi) is 12.0. The van der Waals surface area contributed by atoms with Gasteiger partial charge in [-0.25, -0.2) is 0 Å². The van der Waals surface area contributed by atoms with Gasteiger partial charge in [-0.05, 0) is 58.0 Å². The zero-order valence-corrected chi connectivity index (χ0v) is 21.6. The van der Waals surface area contributed by atoms with E-state index in [9.17, 15) is 9.13 Å². The summed E-state index contributed by atoms with van der Waals surface area (Å²) < 4.78 is 46.4. The monoisotopic (exact) mass is 536 g/mol. The van der Waals surface area contributed by atoms with Crippen LogP contribution >= 0.6 is 31.1 Å². The number of nitrogens with two attached hydrogens (primary N) is 2. The minimum absolute atomic E-state index is 0.309. The van der Waals surface area contributed by atoms with Crippen LogP contribution in [0.15, 0.2) is 46.9 Å². The first-order valence-corrected chi connectivity index (χ1v) is 13.7. The van der Waals surface area contributed by atoms with Gasteiger partial charge in [0.15, 0.2) is 0 Å². The molecule has 0 bridgehead atoms. The van der Waals surface area contributed by atoms with E-state index in [4.69, 9.17) is 29.6 Å². The van der Waals surface area contributed by atoms with Crippen LogP contribution in [0, 0.1) is 0 Å². The van der Waals surface area contributed by atoms with E-state index >= 15 is 0 Å². The lowest BCUT2D eigenvalue weighted by molar-refractivity contribution is 0.229. The molecule has 11 heteroatoms. The van der Waals surface area contributed by atoms with Gasteiger partial charge in [0.1, 0.15) is 0 Å². The maximum atomic E-state index is 12.4. The molecule has 0 aliphatic rings. The molecule has 0 heterocycles. The molecule has 2 aromatic carbocycles. The number of halogens is 1. The Labute approximate surface area is 192 Å². The van der Waals surface area contributed by atoms with Crippen molar-refractivity contribution in [1.82, 2.24) is 0 Å². The van der Waals surface area contributed by atoms with E-state index < -0.39 is 15.2 Å². The van der Waals surface area contributed by atoms with Crippen molar-refractivity contribution in [3.8, 4) is 0 Å². The van der Waals surface area contributed by atoms with E-state index in [-0.39, 0.29) is 0 Å². The van der Waals surface area contributed by atoms with Crippen molar-refractivity contribution in [2.24, 2.45) is 0 Å². The van der Waals surface area contributed by atoms with Gasteiger partial charge in [-0.2, -0.15) is 0 Å². The molecule has 0 unspecified atom stereocenters.